The summed E-state index contributed by atoms with van der Waals surface area (Å²) < 4.78 is 23.2. The van der Waals surface area contributed by atoms with Gasteiger partial charge in [-0.05, 0) is 18.6 Å². The summed E-state index contributed by atoms with van der Waals surface area (Å²) in [5, 5.41) is 20.6. The number of anilines is 1. The van der Waals surface area contributed by atoms with E-state index in [-0.39, 0.29) is 10.6 Å². The van der Waals surface area contributed by atoms with Gasteiger partial charge in [-0.25, -0.2) is 8.42 Å². The van der Waals surface area contributed by atoms with Crippen molar-refractivity contribution in [2.45, 2.75) is 24.3 Å². The molecule has 1 aliphatic rings. The number of piperazine rings is 1. The molecule has 25 heavy (non-hydrogen) atoms. The maximum atomic E-state index is 11.6. The van der Waals surface area contributed by atoms with Crippen LogP contribution in [0, 0.1) is 10.1 Å². The molecule has 1 unspecified atom stereocenters. The van der Waals surface area contributed by atoms with Crippen molar-refractivity contribution in [3.05, 3.63) is 28.3 Å². The first-order chi connectivity index (χ1) is 11.6. The van der Waals surface area contributed by atoms with Crippen molar-refractivity contribution in [1.29, 1.82) is 0 Å². The first-order valence-corrected chi connectivity index (χ1v) is 9.74. The van der Waals surface area contributed by atoms with E-state index in [1.54, 1.807) is 11.8 Å². The number of aliphatic carboxylic acids is 1. The Morgan fingerprint density at radius 3 is 2.36 bits per heavy atom. The van der Waals surface area contributed by atoms with E-state index < -0.39 is 26.8 Å². The topological polar surface area (TPSA) is 121 Å². The Bertz CT molecular complexity index is 771. The Balaban J connectivity index is 2.23. The summed E-state index contributed by atoms with van der Waals surface area (Å²) in [5.41, 5.74) is 0.0853. The number of benzene rings is 1. The van der Waals surface area contributed by atoms with Gasteiger partial charge in [0.1, 0.15) is 11.7 Å². The van der Waals surface area contributed by atoms with Crippen molar-refractivity contribution in [3.8, 4) is 0 Å². The third-order valence-electron chi connectivity index (χ3n) is 4.34. The molecule has 1 aromatic rings. The molecule has 10 heteroatoms. The molecular weight excluding hydrogens is 350 g/mol. The smallest absolute Gasteiger partial charge is 0.320 e. The molecular formula is C15H21N3O6S. The third kappa shape index (κ3) is 4.26. The van der Waals surface area contributed by atoms with Crippen LogP contribution < -0.4 is 4.90 Å². The highest BCUT2D eigenvalue weighted by molar-refractivity contribution is 7.90. The summed E-state index contributed by atoms with van der Waals surface area (Å²) in [6.45, 7) is 3.61. The Morgan fingerprint density at radius 1 is 1.32 bits per heavy atom. The van der Waals surface area contributed by atoms with E-state index in [0.717, 1.165) is 12.3 Å². The van der Waals surface area contributed by atoms with Crippen molar-refractivity contribution in [1.82, 2.24) is 4.90 Å². The van der Waals surface area contributed by atoms with Gasteiger partial charge in [0.25, 0.3) is 5.69 Å². The normalized spacial score (nSPS) is 17.3. The summed E-state index contributed by atoms with van der Waals surface area (Å²) in [5.74, 6) is -0.876. The minimum atomic E-state index is -3.54. The predicted molar refractivity (Wildman–Crippen MR) is 91.7 cm³/mol. The molecule has 0 bridgehead atoms. The van der Waals surface area contributed by atoms with Crippen molar-refractivity contribution >= 4 is 27.2 Å². The van der Waals surface area contributed by atoms with Crippen LogP contribution in [0.15, 0.2) is 23.1 Å². The van der Waals surface area contributed by atoms with Gasteiger partial charge in [-0.2, -0.15) is 0 Å². The zero-order chi connectivity index (χ0) is 18.8. The average Bonchev–Trinajstić information content (AvgIpc) is 2.54. The molecule has 0 saturated carbocycles. The lowest BCUT2D eigenvalue weighted by molar-refractivity contribution is -0.384. The molecule has 9 nitrogen and oxygen atoms in total. The van der Waals surface area contributed by atoms with Gasteiger partial charge >= 0.3 is 5.97 Å². The van der Waals surface area contributed by atoms with Gasteiger partial charge in [-0.1, -0.05) is 6.92 Å². The second-order valence-electron chi connectivity index (χ2n) is 5.97. The standard InChI is InChI=1S/C15H21N3O6S/c1-3-12(15(19)20)16-6-8-17(9-7-16)13-5-4-11(25(2,23)24)10-14(13)18(21)22/h4-5,10,12H,3,6-9H2,1-2H3,(H,19,20). The Kier molecular flexibility index (Phi) is 5.63. The van der Waals surface area contributed by atoms with E-state index in [1.807, 2.05) is 4.90 Å². The minimum absolute atomic E-state index is 0.0986. The van der Waals surface area contributed by atoms with Gasteiger partial charge in [0.05, 0.1) is 9.82 Å². The van der Waals surface area contributed by atoms with E-state index in [9.17, 15) is 28.4 Å². The number of hydrogen-bond donors (Lipinski definition) is 1. The number of nitrogens with zero attached hydrogens (tertiary/aromatic N) is 3. The van der Waals surface area contributed by atoms with Crippen LogP contribution >= 0.6 is 0 Å². The predicted octanol–water partition coefficient (Wildman–Crippen LogP) is 0.983. The first kappa shape index (κ1) is 19.1. The molecule has 138 valence electrons. The highest BCUT2D eigenvalue weighted by atomic mass is 32.2. The van der Waals surface area contributed by atoms with E-state index in [1.165, 1.54) is 12.1 Å². The lowest BCUT2D eigenvalue weighted by Crippen LogP contribution is -2.52. The number of carbonyl (C=O) groups is 1. The van der Waals surface area contributed by atoms with Crippen LogP contribution in [0.25, 0.3) is 0 Å². The lowest BCUT2D eigenvalue weighted by atomic mass is 10.1. The number of carboxylic acids is 1. The zero-order valence-corrected chi connectivity index (χ0v) is 14.9. The Hall–Kier alpha value is -2.20. The molecule has 1 saturated heterocycles. The summed E-state index contributed by atoms with van der Waals surface area (Å²) in [6, 6.07) is 3.31. The Labute approximate surface area is 145 Å². The lowest BCUT2D eigenvalue weighted by Gasteiger charge is -2.38. The summed E-state index contributed by atoms with van der Waals surface area (Å²) in [7, 11) is -3.54. The van der Waals surface area contributed by atoms with Crippen LogP contribution in [-0.4, -0.2) is 67.8 Å². The number of carboxylic acid groups (broad SMARTS) is 1. The molecule has 2 rings (SSSR count). The summed E-state index contributed by atoms with van der Waals surface area (Å²) in [6.07, 6.45) is 1.49. The van der Waals surface area contributed by atoms with Crippen molar-refractivity contribution in [2.24, 2.45) is 0 Å². The highest BCUT2D eigenvalue weighted by Crippen LogP contribution is 2.31. The summed E-state index contributed by atoms with van der Waals surface area (Å²) in [4.78, 5) is 25.5. The number of hydrogen-bond acceptors (Lipinski definition) is 7. The van der Waals surface area contributed by atoms with Crippen molar-refractivity contribution in [2.75, 3.05) is 37.3 Å². The molecule has 1 atom stereocenters. The fourth-order valence-corrected chi connectivity index (χ4v) is 3.65. The molecule has 0 spiro atoms. The van der Waals surface area contributed by atoms with E-state index >= 15 is 0 Å². The van der Waals surface area contributed by atoms with Gasteiger partial charge in [-0.3, -0.25) is 19.8 Å². The molecule has 1 aliphatic heterocycles. The molecule has 1 fully saturated rings. The van der Waals surface area contributed by atoms with Crippen LogP contribution in [0.5, 0.6) is 0 Å². The van der Waals surface area contributed by atoms with E-state index in [2.05, 4.69) is 0 Å². The van der Waals surface area contributed by atoms with Gasteiger partial charge in [0.2, 0.25) is 0 Å². The van der Waals surface area contributed by atoms with Crippen LogP contribution in [0.2, 0.25) is 0 Å². The second-order valence-corrected chi connectivity index (χ2v) is 7.98. The molecule has 1 aromatic carbocycles. The highest BCUT2D eigenvalue weighted by Gasteiger charge is 2.30. The molecule has 0 amide bonds. The van der Waals surface area contributed by atoms with Crippen LogP contribution in [0.3, 0.4) is 0 Å². The second kappa shape index (κ2) is 7.36. The SMILES string of the molecule is CCC(C(=O)O)N1CCN(c2ccc(S(C)(=O)=O)cc2[N+](=O)[O-])CC1. The number of rotatable bonds is 6. The van der Waals surface area contributed by atoms with Crippen LogP contribution in [0.1, 0.15) is 13.3 Å². The van der Waals surface area contributed by atoms with Crippen LogP contribution in [0.4, 0.5) is 11.4 Å². The Morgan fingerprint density at radius 2 is 1.92 bits per heavy atom. The van der Waals surface area contributed by atoms with Crippen LogP contribution in [-0.2, 0) is 14.6 Å². The molecule has 0 aromatic heterocycles. The third-order valence-corrected chi connectivity index (χ3v) is 5.45. The summed E-state index contributed by atoms with van der Waals surface area (Å²) >= 11 is 0. The molecule has 1 N–H and O–H groups in total. The number of nitro groups is 1. The van der Waals surface area contributed by atoms with Gasteiger partial charge in [-0.15, -0.1) is 0 Å². The number of nitro benzene ring substituents is 1. The fraction of sp³-hybridized carbons (Fsp3) is 0.533. The van der Waals surface area contributed by atoms with E-state index in [0.29, 0.717) is 38.3 Å². The monoisotopic (exact) mass is 371 g/mol. The maximum Gasteiger partial charge on any atom is 0.320 e. The maximum absolute atomic E-state index is 11.6. The molecule has 0 radical (unpaired) electrons. The van der Waals surface area contributed by atoms with E-state index in [4.69, 9.17) is 0 Å². The quantitative estimate of drug-likeness (QED) is 0.580. The van der Waals surface area contributed by atoms with Gasteiger partial charge in [0.15, 0.2) is 9.84 Å². The largest absolute Gasteiger partial charge is 0.480 e. The molecule has 0 aliphatic carbocycles. The fourth-order valence-electron chi connectivity index (χ4n) is 3.01. The van der Waals surface area contributed by atoms with Crippen molar-refractivity contribution < 1.29 is 23.2 Å². The number of sulfone groups is 1. The van der Waals surface area contributed by atoms with Crippen molar-refractivity contribution in [3.63, 3.8) is 0 Å². The minimum Gasteiger partial charge on any atom is -0.480 e. The van der Waals surface area contributed by atoms with Gasteiger partial charge < -0.3 is 10.0 Å². The first-order valence-electron chi connectivity index (χ1n) is 7.85. The average molecular weight is 371 g/mol. The van der Waals surface area contributed by atoms with Gasteiger partial charge in [0, 0.05) is 38.5 Å². The molecule has 1 heterocycles. The zero-order valence-electron chi connectivity index (χ0n) is 14.1.